The van der Waals surface area contributed by atoms with Crippen molar-refractivity contribution in [2.75, 3.05) is 13.2 Å². The molecule has 1 saturated heterocycles. The van der Waals surface area contributed by atoms with E-state index in [9.17, 15) is 0 Å². The molecule has 0 atom stereocenters. The zero-order valence-corrected chi connectivity index (χ0v) is 9.13. The van der Waals surface area contributed by atoms with Crippen molar-refractivity contribution in [2.24, 2.45) is 11.7 Å². The molecule has 82 valence electrons. The molecule has 1 saturated carbocycles. The molecule has 0 radical (unpaired) electrons. The molecular weight excluding hydrogens is 174 g/mol. The van der Waals surface area contributed by atoms with Crippen molar-refractivity contribution >= 4 is 0 Å². The van der Waals surface area contributed by atoms with Crippen LogP contribution in [0.3, 0.4) is 0 Å². The largest absolute Gasteiger partial charge is 0.381 e. The number of nitrogens with two attached hydrogens (primary N) is 1. The SMILES string of the molecule is NC1(CC2CCCCC2)CCOCC1. The maximum atomic E-state index is 6.41. The molecule has 1 heterocycles. The predicted molar refractivity (Wildman–Crippen MR) is 58.2 cm³/mol. The molecule has 0 unspecified atom stereocenters. The number of rotatable bonds is 2. The molecule has 0 aromatic heterocycles. The highest BCUT2D eigenvalue weighted by molar-refractivity contribution is 4.89. The van der Waals surface area contributed by atoms with E-state index >= 15 is 0 Å². The fourth-order valence-electron chi connectivity index (χ4n) is 2.95. The summed E-state index contributed by atoms with van der Waals surface area (Å²) in [5, 5.41) is 0. The fourth-order valence-corrected chi connectivity index (χ4v) is 2.95. The minimum absolute atomic E-state index is 0.111. The Morgan fingerprint density at radius 3 is 2.36 bits per heavy atom. The van der Waals surface area contributed by atoms with Gasteiger partial charge in [-0.25, -0.2) is 0 Å². The van der Waals surface area contributed by atoms with Crippen LogP contribution in [-0.4, -0.2) is 18.8 Å². The maximum Gasteiger partial charge on any atom is 0.0483 e. The molecule has 2 heteroatoms. The summed E-state index contributed by atoms with van der Waals surface area (Å²) in [4.78, 5) is 0. The van der Waals surface area contributed by atoms with E-state index in [1.807, 2.05) is 0 Å². The van der Waals surface area contributed by atoms with Crippen molar-refractivity contribution in [3.8, 4) is 0 Å². The molecule has 0 aromatic carbocycles. The van der Waals surface area contributed by atoms with Crippen molar-refractivity contribution in [3.05, 3.63) is 0 Å². The molecule has 2 fully saturated rings. The molecule has 2 N–H and O–H groups in total. The Bertz CT molecular complexity index is 169. The molecule has 14 heavy (non-hydrogen) atoms. The van der Waals surface area contributed by atoms with Gasteiger partial charge in [-0.1, -0.05) is 32.1 Å². The Kier molecular flexibility index (Phi) is 3.45. The first-order valence-electron chi connectivity index (χ1n) is 6.15. The number of hydrogen-bond donors (Lipinski definition) is 1. The van der Waals surface area contributed by atoms with Crippen molar-refractivity contribution in [1.29, 1.82) is 0 Å². The van der Waals surface area contributed by atoms with Crippen LogP contribution < -0.4 is 5.73 Å². The van der Waals surface area contributed by atoms with E-state index in [4.69, 9.17) is 10.5 Å². The van der Waals surface area contributed by atoms with E-state index in [1.54, 1.807) is 0 Å². The van der Waals surface area contributed by atoms with Crippen molar-refractivity contribution in [3.63, 3.8) is 0 Å². The van der Waals surface area contributed by atoms with Crippen LogP contribution in [0.4, 0.5) is 0 Å². The summed E-state index contributed by atoms with van der Waals surface area (Å²) in [6.45, 7) is 1.76. The molecule has 0 bridgehead atoms. The quantitative estimate of drug-likeness (QED) is 0.738. The van der Waals surface area contributed by atoms with Crippen LogP contribution in [0.25, 0.3) is 0 Å². The Hall–Kier alpha value is -0.0800. The summed E-state index contributed by atoms with van der Waals surface area (Å²) in [5.74, 6) is 0.909. The summed E-state index contributed by atoms with van der Waals surface area (Å²) in [5.41, 5.74) is 6.52. The molecule has 0 spiro atoms. The van der Waals surface area contributed by atoms with Gasteiger partial charge in [0.05, 0.1) is 0 Å². The van der Waals surface area contributed by atoms with E-state index in [1.165, 1.54) is 38.5 Å². The molecule has 2 rings (SSSR count). The number of hydrogen-bond acceptors (Lipinski definition) is 2. The summed E-state index contributed by atoms with van der Waals surface area (Å²) < 4.78 is 5.37. The maximum absolute atomic E-state index is 6.41. The molecule has 0 amide bonds. The lowest BCUT2D eigenvalue weighted by Gasteiger charge is -2.37. The molecule has 2 nitrogen and oxygen atoms in total. The standard InChI is InChI=1S/C12H23NO/c13-12(6-8-14-9-7-12)10-11-4-2-1-3-5-11/h11H,1-10,13H2. The molecular formula is C12H23NO. The first kappa shape index (κ1) is 10.4. The zero-order valence-electron chi connectivity index (χ0n) is 9.13. The average molecular weight is 197 g/mol. The molecule has 1 aliphatic heterocycles. The van der Waals surface area contributed by atoms with Gasteiger partial charge in [0.2, 0.25) is 0 Å². The van der Waals surface area contributed by atoms with E-state index in [2.05, 4.69) is 0 Å². The van der Waals surface area contributed by atoms with Gasteiger partial charge in [-0.05, 0) is 25.2 Å². The first-order valence-corrected chi connectivity index (χ1v) is 6.15. The second-order valence-corrected chi connectivity index (χ2v) is 5.18. The Morgan fingerprint density at radius 2 is 1.71 bits per heavy atom. The van der Waals surface area contributed by atoms with Gasteiger partial charge in [0.25, 0.3) is 0 Å². The second kappa shape index (κ2) is 4.63. The van der Waals surface area contributed by atoms with E-state index < -0.39 is 0 Å². The molecule has 1 aliphatic carbocycles. The van der Waals surface area contributed by atoms with Crippen LogP contribution in [0.15, 0.2) is 0 Å². The van der Waals surface area contributed by atoms with Crippen molar-refractivity contribution in [2.45, 2.75) is 56.9 Å². The Labute approximate surface area is 87.2 Å². The lowest BCUT2D eigenvalue weighted by molar-refractivity contribution is 0.0415. The van der Waals surface area contributed by atoms with Gasteiger partial charge in [-0.3, -0.25) is 0 Å². The second-order valence-electron chi connectivity index (χ2n) is 5.18. The van der Waals surface area contributed by atoms with Crippen LogP contribution in [-0.2, 0) is 4.74 Å². The Balaban J connectivity index is 1.81. The first-order chi connectivity index (χ1) is 6.79. The van der Waals surface area contributed by atoms with Crippen molar-refractivity contribution < 1.29 is 4.74 Å². The summed E-state index contributed by atoms with van der Waals surface area (Å²) >= 11 is 0. The summed E-state index contributed by atoms with van der Waals surface area (Å²) in [7, 11) is 0. The van der Waals surface area contributed by atoms with Crippen LogP contribution in [0.5, 0.6) is 0 Å². The van der Waals surface area contributed by atoms with Gasteiger partial charge in [-0.15, -0.1) is 0 Å². The third kappa shape index (κ3) is 2.71. The summed E-state index contributed by atoms with van der Waals surface area (Å²) in [6, 6.07) is 0. The van der Waals surface area contributed by atoms with Gasteiger partial charge in [0.1, 0.15) is 0 Å². The lowest BCUT2D eigenvalue weighted by Crippen LogP contribution is -2.46. The third-order valence-electron chi connectivity index (χ3n) is 3.91. The number of ether oxygens (including phenoxy) is 1. The van der Waals surface area contributed by atoms with E-state index in [0.717, 1.165) is 32.0 Å². The smallest absolute Gasteiger partial charge is 0.0483 e. The van der Waals surface area contributed by atoms with Gasteiger partial charge in [0.15, 0.2) is 0 Å². The topological polar surface area (TPSA) is 35.2 Å². The van der Waals surface area contributed by atoms with Gasteiger partial charge >= 0.3 is 0 Å². The monoisotopic (exact) mass is 197 g/mol. The highest BCUT2D eigenvalue weighted by Gasteiger charge is 2.31. The Morgan fingerprint density at radius 1 is 1.07 bits per heavy atom. The highest BCUT2D eigenvalue weighted by Crippen LogP contribution is 2.33. The zero-order chi connectivity index (χ0) is 9.86. The van der Waals surface area contributed by atoms with Crippen LogP contribution in [0.2, 0.25) is 0 Å². The highest BCUT2D eigenvalue weighted by atomic mass is 16.5. The van der Waals surface area contributed by atoms with Crippen LogP contribution >= 0.6 is 0 Å². The average Bonchev–Trinajstić information content (AvgIpc) is 2.19. The van der Waals surface area contributed by atoms with Crippen LogP contribution in [0.1, 0.15) is 51.4 Å². The third-order valence-corrected chi connectivity index (χ3v) is 3.91. The van der Waals surface area contributed by atoms with E-state index in [-0.39, 0.29) is 5.54 Å². The normalized spacial score (nSPS) is 28.9. The fraction of sp³-hybridized carbons (Fsp3) is 1.00. The van der Waals surface area contributed by atoms with Crippen molar-refractivity contribution in [1.82, 2.24) is 0 Å². The molecule has 2 aliphatic rings. The van der Waals surface area contributed by atoms with Crippen LogP contribution in [0, 0.1) is 5.92 Å². The van der Waals surface area contributed by atoms with Gasteiger partial charge in [0, 0.05) is 18.8 Å². The predicted octanol–water partition coefficient (Wildman–Crippen LogP) is 2.46. The molecule has 0 aromatic rings. The minimum Gasteiger partial charge on any atom is -0.381 e. The summed E-state index contributed by atoms with van der Waals surface area (Å²) in [6.07, 6.45) is 10.5. The lowest BCUT2D eigenvalue weighted by atomic mass is 9.76. The van der Waals surface area contributed by atoms with E-state index in [0.29, 0.717) is 0 Å². The van der Waals surface area contributed by atoms with Gasteiger partial charge in [-0.2, -0.15) is 0 Å². The van der Waals surface area contributed by atoms with Gasteiger partial charge < -0.3 is 10.5 Å². The minimum atomic E-state index is 0.111.